The molecule has 2 rings (SSSR count). The molecular formula is C15H17FIN3O3. The van der Waals surface area contributed by atoms with Crippen LogP contribution < -0.4 is 10.5 Å². The van der Waals surface area contributed by atoms with Crippen molar-refractivity contribution in [1.29, 1.82) is 0 Å². The van der Waals surface area contributed by atoms with Crippen LogP contribution in [-0.4, -0.2) is 39.2 Å². The minimum Gasteiger partial charge on any atom is -0.394 e. The second-order valence-corrected chi connectivity index (χ2v) is 6.37. The Hall–Kier alpha value is -1.52. The van der Waals surface area contributed by atoms with Crippen LogP contribution in [-0.2, 0) is 7.05 Å². The third-order valence-corrected chi connectivity index (χ3v) is 4.12. The van der Waals surface area contributed by atoms with Gasteiger partial charge in [-0.15, -0.1) is 0 Å². The molecule has 23 heavy (non-hydrogen) atoms. The molecule has 0 spiro atoms. The van der Waals surface area contributed by atoms with Crippen molar-refractivity contribution >= 4 is 34.0 Å². The topological polar surface area (TPSA) is 78.6 Å². The van der Waals surface area contributed by atoms with Crippen molar-refractivity contribution in [3.8, 4) is 0 Å². The maximum absolute atomic E-state index is 14.4. The molecule has 0 unspecified atom stereocenters. The average molecular weight is 433 g/mol. The van der Waals surface area contributed by atoms with Crippen molar-refractivity contribution in [2.24, 2.45) is 7.05 Å². The highest BCUT2D eigenvalue weighted by atomic mass is 127. The van der Waals surface area contributed by atoms with Gasteiger partial charge in [-0.2, -0.15) is 5.10 Å². The molecule has 6 nitrogen and oxygen atoms in total. The molecule has 0 radical (unpaired) electrons. The normalized spacial score (nSPS) is 12.3. The van der Waals surface area contributed by atoms with Crippen molar-refractivity contribution < 1.29 is 14.6 Å². The highest BCUT2D eigenvalue weighted by Crippen LogP contribution is 2.29. The maximum Gasteiger partial charge on any atom is 0.271 e. The number of halogens is 2. The zero-order chi connectivity index (χ0) is 17.1. The lowest BCUT2D eigenvalue weighted by molar-refractivity contribution is 0.102. The Morgan fingerprint density at radius 3 is 2.74 bits per heavy atom. The maximum atomic E-state index is 14.4. The second-order valence-electron chi connectivity index (χ2n) is 5.13. The standard InChI is InChI=1S/C15H17FIN3O3/c1-9-14(6-18-19(2)15(9)23)20(7-11(22)8-21)13-4-3-10(17)5-12(13)16/h3-6,11,21-22H,7-8H2,1-2H3/t11-/m0/s1. The molecule has 0 saturated carbocycles. The number of benzene rings is 1. The van der Waals surface area contributed by atoms with Crippen LogP contribution in [0.1, 0.15) is 5.56 Å². The van der Waals surface area contributed by atoms with Gasteiger partial charge in [0, 0.05) is 16.2 Å². The number of aryl methyl sites for hydroxylation is 1. The fourth-order valence-corrected chi connectivity index (χ4v) is 2.66. The number of aliphatic hydroxyl groups is 2. The lowest BCUT2D eigenvalue weighted by Crippen LogP contribution is -2.34. The van der Waals surface area contributed by atoms with Gasteiger partial charge in [-0.25, -0.2) is 9.07 Å². The predicted octanol–water partition coefficient (Wildman–Crippen LogP) is 1.32. The number of hydrogen-bond donors (Lipinski definition) is 2. The van der Waals surface area contributed by atoms with Crippen molar-refractivity contribution in [3.63, 3.8) is 0 Å². The van der Waals surface area contributed by atoms with E-state index in [1.54, 1.807) is 19.1 Å². The molecule has 1 aromatic carbocycles. The van der Waals surface area contributed by atoms with Crippen LogP contribution in [0.3, 0.4) is 0 Å². The van der Waals surface area contributed by atoms with Crippen LogP contribution in [0.15, 0.2) is 29.2 Å². The van der Waals surface area contributed by atoms with Crippen molar-refractivity contribution in [1.82, 2.24) is 9.78 Å². The van der Waals surface area contributed by atoms with Gasteiger partial charge in [0.1, 0.15) is 5.82 Å². The van der Waals surface area contributed by atoms with E-state index in [2.05, 4.69) is 5.10 Å². The van der Waals surface area contributed by atoms with E-state index in [0.717, 1.165) is 3.57 Å². The largest absolute Gasteiger partial charge is 0.394 e. The van der Waals surface area contributed by atoms with Gasteiger partial charge in [-0.3, -0.25) is 4.79 Å². The fraction of sp³-hybridized carbons (Fsp3) is 0.333. The Balaban J connectivity index is 2.59. The smallest absolute Gasteiger partial charge is 0.271 e. The first kappa shape index (κ1) is 17.8. The first-order valence-electron chi connectivity index (χ1n) is 6.89. The summed E-state index contributed by atoms with van der Waals surface area (Å²) < 4.78 is 16.3. The number of aromatic nitrogens is 2. The molecule has 8 heteroatoms. The molecule has 0 aliphatic rings. The highest BCUT2D eigenvalue weighted by molar-refractivity contribution is 14.1. The van der Waals surface area contributed by atoms with Gasteiger partial charge >= 0.3 is 0 Å². The van der Waals surface area contributed by atoms with E-state index in [9.17, 15) is 14.3 Å². The molecule has 1 heterocycles. The van der Waals surface area contributed by atoms with Crippen molar-refractivity contribution in [2.45, 2.75) is 13.0 Å². The lowest BCUT2D eigenvalue weighted by atomic mass is 10.2. The summed E-state index contributed by atoms with van der Waals surface area (Å²) in [6, 6.07) is 4.65. The van der Waals surface area contributed by atoms with Gasteiger partial charge in [-0.1, -0.05) is 0 Å². The van der Waals surface area contributed by atoms with Crippen LogP contribution >= 0.6 is 22.6 Å². The Morgan fingerprint density at radius 2 is 2.13 bits per heavy atom. The molecule has 124 valence electrons. The zero-order valence-corrected chi connectivity index (χ0v) is 14.9. The Bertz CT molecular complexity index is 766. The predicted molar refractivity (Wildman–Crippen MR) is 93.4 cm³/mol. The Kier molecular flexibility index (Phi) is 5.71. The van der Waals surface area contributed by atoms with E-state index in [4.69, 9.17) is 5.11 Å². The molecule has 1 atom stereocenters. The van der Waals surface area contributed by atoms with E-state index in [1.165, 1.54) is 28.9 Å². The van der Waals surface area contributed by atoms with Gasteiger partial charge in [-0.05, 0) is 47.7 Å². The Morgan fingerprint density at radius 1 is 1.43 bits per heavy atom. The number of hydrogen-bond acceptors (Lipinski definition) is 5. The van der Waals surface area contributed by atoms with Crippen LogP contribution in [0.4, 0.5) is 15.8 Å². The van der Waals surface area contributed by atoms with Gasteiger partial charge in [0.25, 0.3) is 5.56 Å². The molecular weight excluding hydrogens is 416 g/mol. The summed E-state index contributed by atoms with van der Waals surface area (Å²) in [7, 11) is 1.53. The zero-order valence-electron chi connectivity index (χ0n) is 12.7. The fourth-order valence-electron chi connectivity index (χ4n) is 2.21. The quantitative estimate of drug-likeness (QED) is 0.696. The van der Waals surface area contributed by atoms with Crippen molar-refractivity contribution in [3.05, 3.63) is 49.7 Å². The van der Waals surface area contributed by atoms with E-state index in [1.807, 2.05) is 22.6 Å². The summed E-state index contributed by atoms with van der Waals surface area (Å²) in [6.07, 6.45) is 0.357. The van der Waals surface area contributed by atoms with E-state index in [0.29, 0.717) is 11.3 Å². The highest BCUT2D eigenvalue weighted by Gasteiger charge is 2.21. The summed E-state index contributed by atoms with van der Waals surface area (Å²) in [5.41, 5.74) is 0.666. The number of aliphatic hydroxyl groups excluding tert-OH is 2. The van der Waals surface area contributed by atoms with Crippen LogP contribution in [0.5, 0.6) is 0 Å². The van der Waals surface area contributed by atoms with Crippen molar-refractivity contribution in [2.75, 3.05) is 18.1 Å². The summed E-state index contributed by atoms with van der Waals surface area (Å²) >= 11 is 2.00. The summed E-state index contributed by atoms with van der Waals surface area (Å²) in [5.74, 6) is -0.484. The van der Waals surface area contributed by atoms with Gasteiger partial charge in [0.15, 0.2) is 0 Å². The minimum atomic E-state index is -1.09. The van der Waals surface area contributed by atoms with Gasteiger partial charge < -0.3 is 15.1 Å². The van der Waals surface area contributed by atoms with E-state index < -0.39 is 18.5 Å². The monoisotopic (exact) mass is 433 g/mol. The van der Waals surface area contributed by atoms with Gasteiger partial charge in [0.2, 0.25) is 0 Å². The van der Waals surface area contributed by atoms with Crippen LogP contribution in [0.2, 0.25) is 0 Å². The Labute approximate surface area is 146 Å². The molecule has 0 amide bonds. The third kappa shape index (κ3) is 3.88. The van der Waals surface area contributed by atoms with Crippen LogP contribution in [0.25, 0.3) is 0 Å². The summed E-state index contributed by atoms with van der Waals surface area (Å²) in [6.45, 7) is 1.08. The number of rotatable bonds is 5. The van der Waals surface area contributed by atoms with E-state index in [-0.39, 0.29) is 17.8 Å². The van der Waals surface area contributed by atoms with E-state index >= 15 is 0 Å². The second kappa shape index (κ2) is 7.37. The average Bonchev–Trinajstić information content (AvgIpc) is 2.51. The molecule has 2 aromatic rings. The summed E-state index contributed by atoms with van der Waals surface area (Å²) in [5, 5.41) is 22.9. The first-order valence-corrected chi connectivity index (χ1v) is 7.97. The minimum absolute atomic E-state index is 0.0658. The van der Waals surface area contributed by atoms with Gasteiger partial charge in [0.05, 0.1) is 36.8 Å². The van der Waals surface area contributed by atoms with Crippen LogP contribution in [0, 0.1) is 16.3 Å². The number of nitrogens with zero attached hydrogens (tertiary/aromatic N) is 3. The molecule has 0 aliphatic heterocycles. The number of anilines is 2. The lowest BCUT2D eigenvalue weighted by Gasteiger charge is -2.28. The third-order valence-electron chi connectivity index (χ3n) is 3.45. The SMILES string of the molecule is Cc1c(N(C[C@H](O)CO)c2ccc(I)cc2F)cnn(C)c1=O. The molecule has 1 aromatic heterocycles. The molecule has 0 saturated heterocycles. The molecule has 2 N–H and O–H groups in total. The molecule has 0 bridgehead atoms. The first-order chi connectivity index (χ1) is 10.8. The molecule has 0 aliphatic carbocycles. The molecule has 0 fully saturated rings. The summed E-state index contributed by atoms with van der Waals surface area (Å²) in [4.78, 5) is 13.5.